The third kappa shape index (κ3) is 5.51. The van der Waals surface area contributed by atoms with Crippen molar-refractivity contribution in [1.82, 2.24) is 10.9 Å². The minimum Gasteiger partial charge on any atom is -0.482 e. The SMILES string of the molecule is N#Cc1ccccc1OCC(=O)NNC(=O)COc1ccccc1F. The van der Waals surface area contributed by atoms with Crippen LogP contribution in [0.3, 0.4) is 0 Å². The van der Waals surface area contributed by atoms with Gasteiger partial charge in [-0.2, -0.15) is 5.26 Å². The summed E-state index contributed by atoms with van der Waals surface area (Å²) in [7, 11) is 0. The van der Waals surface area contributed by atoms with Crippen molar-refractivity contribution in [3.63, 3.8) is 0 Å². The summed E-state index contributed by atoms with van der Waals surface area (Å²) in [6.45, 7) is -0.869. The van der Waals surface area contributed by atoms with Gasteiger partial charge in [0, 0.05) is 0 Å². The van der Waals surface area contributed by atoms with Crippen molar-refractivity contribution in [2.24, 2.45) is 0 Å². The average Bonchev–Trinajstić information content (AvgIpc) is 2.64. The summed E-state index contributed by atoms with van der Waals surface area (Å²) in [6, 6.07) is 14.0. The van der Waals surface area contributed by atoms with E-state index in [2.05, 4.69) is 10.9 Å². The molecule has 0 saturated carbocycles. The number of halogens is 1. The zero-order valence-electron chi connectivity index (χ0n) is 13.0. The second-order valence-corrected chi connectivity index (χ2v) is 4.71. The molecule has 0 aliphatic heterocycles. The molecule has 2 rings (SSSR count). The van der Waals surface area contributed by atoms with Gasteiger partial charge in [-0.05, 0) is 24.3 Å². The number of ether oxygens (including phenoxy) is 2. The molecule has 0 heterocycles. The van der Waals surface area contributed by atoms with Crippen LogP contribution in [0.1, 0.15) is 5.56 Å². The number of para-hydroxylation sites is 2. The predicted molar refractivity (Wildman–Crippen MR) is 84.8 cm³/mol. The van der Waals surface area contributed by atoms with Crippen molar-refractivity contribution in [3.05, 3.63) is 59.9 Å². The van der Waals surface area contributed by atoms with Gasteiger partial charge < -0.3 is 9.47 Å². The smallest absolute Gasteiger partial charge is 0.276 e. The molecule has 25 heavy (non-hydrogen) atoms. The summed E-state index contributed by atoms with van der Waals surface area (Å²) in [6.07, 6.45) is 0. The molecule has 0 radical (unpaired) electrons. The molecule has 128 valence electrons. The molecule has 0 spiro atoms. The maximum atomic E-state index is 13.3. The van der Waals surface area contributed by atoms with Gasteiger partial charge in [0.05, 0.1) is 5.56 Å². The van der Waals surface area contributed by atoms with E-state index in [0.29, 0.717) is 0 Å². The zero-order valence-corrected chi connectivity index (χ0v) is 13.0. The van der Waals surface area contributed by atoms with Crippen LogP contribution in [0.4, 0.5) is 4.39 Å². The highest BCUT2D eigenvalue weighted by molar-refractivity contribution is 5.83. The molecule has 8 heteroatoms. The lowest BCUT2D eigenvalue weighted by Gasteiger charge is -2.10. The van der Waals surface area contributed by atoms with E-state index >= 15 is 0 Å². The van der Waals surface area contributed by atoms with Gasteiger partial charge in [-0.25, -0.2) is 4.39 Å². The maximum Gasteiger partial charge on any atom is 0.276 e. The first kappa shape index (κ1) is 17.7. The Hall–Kier alpha value is -3.60. The monoisotopic (exact) mass is 343 g/mol. The summed E-state index contributed by atoms with van der Waals surface area (Å²) in [5.74, 6) is -1.71. The highest BCUT2D eigenvalue weighted by atomic mass is 19.1. The fraction of sp³-hybridized carbons (Fsp3) is 0.118. The molecule has 0 fully saturated rings. The number of hydrazine groups is 1. The Kier molecular flexibility index (Phi) is 6.31. The van der Waals surface area contributed by atoms with Crippen LogP contribution in [-0.2, 0) is 9.59 Å². The number of nitrogens with zero attached hydrogens (tertiary/aromatic N) is 1. The minimum absolute atomic E-state index is 0.0691. The fourth-order valence-electron chi connectivity index (χ4n) is 1.74. The van der Waals surface area contributed by atoms with Crippen molar-refractivity contribution in [3.8, 4) is 17.6 Å². The largest absolute Gasteiger partial charge is 0.482 e. The number of rotatable bonds is 6. The first-order valence-electron chi connectivity index (χ1n) is 7.17. The number of carbonyl (C=O) groups is 2. The summed E-state index contributed by atoms with van der Waals surface area (Å²) < 4.78 is 23.5. The molecule has 7 nitrogen and oxygen atoms in total. The first-order valence-corrected chi connectivity index (χ1v) is 7.17. The highest BCUT2D eigenvalue weighted by Gasteiger charge is 2.09. The third-order valence-electron chi connectivity index (χ3n) is 2.90. The zero-order chi connectivity index (χ0) is 18.1. The van der Waals surface area contributed by atoms with E-state index < -0.39 is 30.8 Å². The van der Waals surface area contributed by atoms with Crippen LogP contribution in [0.25, 0.3) is 0 Å². The number of benzene rings is 2. The van der Waals surface area contributed by atoms with Gasteiger partial charge >= 0.3 is 0 Å². The molecular weight excluding hydrogens is 329 g/mol. The summed E-state index contributed by atoms with van der Waals surface area (Å²) in [5, 5.41) is 8.90. The van der Waals surface area contributed by atoms with Crippen molar-refractivity contribution >= 4 is 11.8 Å². The van der Waals surface area contributed by atoms with Crippen LogP contribution in [0.2, 0.25) is 0 Å². The van der Waals surface area contributed by atoms with E-state index in [0.717, 1.165) is 0 Å². The molecule has 0 aromatic heterocycles. The topological polar surface area (TPSA) is 100 Å². The predicted octanol–water partition coefficient (Wildman–Crippen LogP) is 1.30. The lowest BCUT2D eigenvalue weighted by Crippen LogP contribution is -2.45. The second kappa shape index (κ2) is 8.88. The number of hydrogen-bond acceptors (Lipinski definition) is 5. The normalized spacial score (nSPS) is 9.60. The molecule has 2 aromatic carbocycles. The quantitative estimate of drug-likeness (QED) is 0.770. The molecule has 0 bridgehead atoms. The lowest BCUT2D eigenvalue weighted by molar-refractivity contribution is -0.131. The van der Waals surface area contributed by atoms with Crippen molar-refractivity contribution in [2.45, 2.75) is 0 Å². The Morgan fingerprint density at radius 2 is 1.44 bits per heavy atom. The van der Waals surface area contributed by atoms with Crippen LogP contribution in [0.5, 0.6) is 11.5 Å². The Bertz CT molecular complexity index is 804. The Balaban J connectivity index is 1.72. The number of nitriles is 1. The van der Waals surface area contributed by atoms with Gasteiger partial charge in [-0.3, -0.25) is 20.4 Å². The van der Waals surface area contributed by atoms with Crippen LogP contribution in [0, 0.1) is 17.1 Å². The van der Waals surface area contributed by atoms with Gasteiger partial charge in [0.15, 0.2) is 24.8 Å². The molecule has 2 N–H and O–H groups in total. The van der Waals surface area contributed by atoms with E-state index in [-0.39, 0.29) is 17.1 Å². The summed E-state index contributed by atoms with van der Waals surface area (Å²) in [5.41, 5.74) is 4.52. The van der Waals surface area contributed by atoms with Crippen LogP contribution >= 0.6 is 0 Å². The van der Waals surface area contributed by atoms with Gasteiger partial charge in [-0.1, -0.05) is 24.3 Å². The molecule has 0 atom stereocenters. The number of amides is 2. The summed E-state index contributed by atoms with van der Waals surface area (Å²) in [4.78, 5) is 23.2. The van der Waals surface area contributed by atoms with E-state index in [1.807, 2.05) is 6.07 Å². The summed E-state index contributed by atoms with van der Waals surface area (Å²) >= 11 is 0. The Morgan fingerprint density at radius 1 is 0.920 bits per heavy atom. The Morgan fingerprint density at radius 3 is 2.04 bits per heavy atom. The van der Waals surface area contributed by atoms with Gasteiger partial charge in [0.2, 0.25) is 0 Å². The van der Waals surface area contributed by atoms with E-state index in [9.17, 15) is 14.0 Å². The van der Waals surface area contributed by atoms with Gasteiger partial charge in [0.1, 0.15) is 11.8 Å². The number of hydrogen-bond donors (Lipinski definition) is 2. The van der Waals surface area contributed by atoms with Crippen LogP contribution in [-0.4, -0.2) is 25.0 Å². The molecule has 0 aliphatic carbocycles. The fourth-order valence-corrected chi connectivity index (χ4v) is 1.74. The highest BCUT2D eigenvalue weighted by Crippen LogP contribution is 2.16. The maximum absolute atomic E-state index is 13.3. The molecule has 2 aromatic rings. The van der Waals surface area contributed by atoms with Crippen LogP contribution < -0.4 is 20.3 Å². The molecular formula is C17H14FN3O4. The molecule has 0 saturated heterocycles. The molecule has 0 unspecified atom stereocenters. The second-order valence-electron chi connectivity index (χ2n) is 4.71. The van der Waals surface area contributed by atoms with E-state index in [1.54, 1.807) is 30.3 Å². The number of nitrogens with one attached hydrogen (secondary N) is 2. The molecule has 0 aliphatic rings. The standard InChI is InChI=1S/C17H14FN3O4/c18-13-6-2-4-8-15(13)25-11-17(23)21-20-16(22)10-24-14-7-3-1-5-12(14)9-19/h1-8H,10-11H2,(H,20,22)(H,21,23). The number of carbonyl (C=O) groups excluding carboxylic acids is 2. The molecule has 2 amide bonds. The third-order valence-corrected chi connectivity index (χ3v) is 2.90. The van der Waals surface area contributed by atoms with Crippen molar-refractivity contribution in [2.75, 3.05) is 13.2 Å². The van der Waals surface area contributed by atoms with E-state index in [1.165, 1.54) is 18.2 Å². The average molecular weight is 343 g/mol. The van der Waals surface area contributed by atoms with Gasteiger partial charge in [0.25, 0.3) is 11.8 Å². The van der Waals surface area contributed by atoms with Gasteiger partial charge in [-0.15, -0.1) is 0 Å². The van der Waals surface area contributed by atoms with Crippen molar-refractivity contribution in [1.29, 1.82) is 5.26 Å². The first-order chi connectivity index (χ1) is 12.1. The van der Waals surface area contributed by atoms with E-state index in [4.69, 9.17) is 14.7 Å². The van der Waals surface area contributed by atoms with Crippen LogP contribution in [0.15, 0.2) is 48.5 Å². The van der Waals surface area contributed by atoms with Crippen molar-refractivity contribution < 1.29 is 23.5 Å². The lowest BCUT2D eigenvalue weighted by atomic mass is 10.2. The minimum atomic E-state index is -0.672. The Labute approximate surface area is 142 Å².